The Morgan fingerprint density at radius 3 is 2.65 bits per heavy atom. The zero-order valence-electron chi connectivity index (χ0n) is 8.84. The molecule has 0 N–H and O–H groups in total. The van der Waals surface area contributed by atoms with Gasteiger partial charge in [-0.1, -0.05) is 15.9 Å². The molecule has 0 saturated carbocycles. The van der Waals surface area contributed by atoms with Crippen LogP contribution in [-0.2, 0) is 16.2 Å². The van der Waals surface area contributed by atoms with Crippen molar-refractivity contribution in [1.29, 1.82) is 0 Å². The lowest BCUT2D eigenvalue weighted by Crippen LogP contribution is -2.13. The predicted octanol–water partition coefficient (Wildman–Crippen LogP) is 3.17. The summed E-state index contributed by atoms with van der Waals surface area (Å²) >= 11 is 3.01. The van der Waals surface area contributed by atoms with E-state index in [0.717, 1.165) is 6.07 Å². The monoisotopic (exact) mass is 311 g/mol. The van der Waals surface area contributed by atoms with Gasteiger partial charge >= 0.3 is 12.1 Å². The van der Waals surface area contributed by atoms with Crippen LogP contribution in [0.25, 0.3) is 0 Å². The minimum absolute atomic E-state index is 0.0953. The molecule has 0 unspecified atom stereocenters. The van der Waals surface area contributed by atoms with Gasteiger partial charge in [-0.3, -0.25) is 0 Å². The molecular weight excluding hydrogens is 303 g/mol. The van der Waals surface area contributed by atoms with Crippen LogP contribution in [-0.4, -0.2) is 17.6 Å². The molecular formula is C10H9BrF3NO2. The van der Waals surface area contributed by atoms with Crippen molar-refractivity contribution in [1.82, 2.24) is 4.98 Å². The van der Waals surface area contributed by atoms with Crippen LogP contribution in [0.5, 0.6) is 0 Å². The lowest BCUT2D eigenvalue weighted by molar-refractivity contribution is -0.137. The van der Waals surface area contributed by atoms with Crippen LogP contribution in [0, 0.1) is 0 Å². The van der Waals surface area contributed by atoms with Crippen molar-refractivity contribution in [2.45, 2.75) is 18.4 Å². The quantitative estimate of drug-likeness (QED) is 0.636. The fourth-order valence-electron chi connectivity index (χ4n) is 1.15. The van der Waals surface area contributed by atoms with Gasteiger partial charge < -0.3 is 4.74 Å². The van der Waals surface area contributed by atoms with Gasteiger partial charge in [-0.15, -0.1) is 0 Å². The Balaban J connectivity index is 3.14. The van der Waals surface area contributed by atoms with Crippen molar-refractivity contribution < 1.29 is 22.7 Å². The summed E-state index contributed by atoms with van der Waals surface area (Å²) < 4.78 is 41.9. The first kappa shape index (κ1) is 14.0. The van der Waals surface area contributed by atoms with Gasteiger partial charge in [-0.2, -0.15) is 13.2 Å². The van der Waals surface area contributed by atoms with Crippen LogP contribution in [0.2, 0.25) is 0 Å². The molecule has 94 valence electrons. The highest BCUT2D eigenvalue weighted by Gasteiger charge is 2.32. The van der Waals surface area contributed by atoms with Gasteiger partial charge in [-0.05, 0) is 18.6 Å². The van der Waals surface area contributed by atoms with E-state index in [-0.39, 0.29) is 23.2 Å². The van der Waals surface area contributed by atoms with Crippen molar-refractivity contribution >= 4 is 21.9 Å². The first-order valence-corrected chi connectivity index (χ1v) is 5.81. The summed E-state index contributed by atoms with van der Waals surface area (Å²) in [4.78, 5) is 14.9. The Bertz CT molecular complexity index is 421. The summed E-state index contributed by atoms with van der Waals surface area (Å²) in [6.07, 6.45) is -3.85. The van der Waals surface area contributed by atoms with Gasteiger partial charge in [0.1, 0.15) is 0 Å². The summed E-state index contributed by atoms with van der Waals surface area (Å²) in [6, 6.07) is 0.883. The lowest BCUT2D eigenvalue weighted by atomic mass is 10.1. The van der Waals surface area contributed by atoms with Crippen molar-refractivity contribution in [3.05, 3.63) is 29.1 Å². The molecule has 1 aromatic heterocycles. The van der Waals surface area contributed by atoms with E-state index in [1.807, 2.05) is 0 Å². The number of aromatic nitrogens is 1. The molecule has 7 heteroatoms. The summed E-state index contributed by atoms with van der Waals surface area (Å²) in [5.41, 5.74) is -0.838. The topological polar surface area (TPSA) is 39.2 Å². The third kappa shape index (κ3) is 3.42. The van der Waals surface area contributed by atoms with Crippen molar-refractivity contribution in [3.8, 4) is 0 Å². The minimum Gasteiger partial charge on any atom is -0.461 e. The molecule has 0 aromatic carbocycles. The van der Waals surface area contributed by atoms with E-state index in [1.165, 1.54) is 0 Å². The molecule has 3 nitrogen and oxygen atoms in total. The maximum absolute atomic E-state index is 12.4. The molecule has 0 bridgehead atoms. The van der Waals surface area contributed by atoms with E-state index in [1.54, 1.807) is 6.92 Å². The average Bonchev–Trinajstić information content (AvgIpc) is 2.27. The number of rotatable bonds is 3. The second kappa shape index (κ2) is 5.48. The Labute approximate surface area is 104 Å². The minimum atomic E-state index is -4.48. The maximum atomic E-state index is 12.4. The van der Waals surface area contributed by atoms with E-state index in [2.05, 4.69) is 20.9 Å². The fraction of sp³-hybridized carbons (Fsp3) is 0.400. The lowest BCUT2D eigenvalue weighted by Gasteiger charge is -2.10. The number of halogens is 4. The number of hydrogen-bond donors (Lipinski definition) is 0. The Morgan fingerprint density at radius 1 is 1.53 bits per heavy atom. The molecule has 0 aliphatic heterocycles. The number of hydrogen-bond acceptors (Lipinski definition) is 3. The normalized spacial score (nSPS) is 11.4. The van der Waals surface area contributed by atoms with Crippen LogP contribution in [0.4, 0.5) is 13.2 Å². The highest BCUT2D eigenvalue weighted by Crippen LogP contribution is 2.30. The molecule has 1 rings (SSSR count). The number of nitrogens with zero attached hydrogens (tertiary/aromatic N) is 1. The largest absolute Gasteiger partial charge is 0.461 e. The summed E-state index contributed by atoms with van der Waals surface area (Å²) in [5, 5.41) is 0.0953. The molecule has 17 heavy (non-hydrogen) atoms. The Kier molecular flexibility index (Phi) is 4.50. The maximum Gasteiger partial charge on any atom is 0.417 e. The van der Waals surface area contributed by atoms with Gasteiger partial charge in [0.05, 0.1) is 12.2 Å². The molecule has 0 atom stereocenters. The second-order valence-electron chi connectivity index (χ2n) is 3.08. The number of carbonyl (C=O) groups is 1. The van der Waals surface area contributed by atoms with E-state index >= 15 is 0 Å². The zero-order valence-corrected chi connectivity index (χ0v) is 10.4. The Hall–Kier alpha value is -1.11. The molecule has 0 aliphatic rings. The highest BCUT2D eigenvalue weighted by atomic mass is 79.9. The Morgan fingerprint density at radius 2 is 2.18 bits per heavy atom. The predicted molar refractivity (Wildman–Crippen MR) is 57.8 cm³/mol. The van der Waals surface area contributed by atoms with Crippen molar-refractivity contribution in [2.24, 2.45) is 0 Å². The second-order valence-corrected chi connectivity index (χ2v) is 3.64. The van der Waals surface area contributed by atoms with Crippen LogP contribution in [0.15, 0.2) is 12.3 Å². The standard InChI is InChI=1S/C10H9BrF3NO2/c1-2-17-9(16)8-6(4-11)3-7(5-15-8)10(12,13)14/h3,5H,2,4H2,1H3. The highest BCUT2D eigenvalue weighted by molar-refractivity contribution is 9.08. The first-order valence-electron chi connectivity index (χ1n) is 4.69. The molecule has 0 amide bonds. The van der Waals surface area contributed by atoms with Gasteiger partial charge in [-0.25, -0.2) is 9.78 Å². The molecule has 0 radical (unpaired) electrons. The molecule has 0 aliphatic carbocycles. The zero-order chi connectivity index (χ0) is 13.1. The van der Waals surface area contributed by atoms with Crippen LogP contribution in [0.3, 0.4) is 0 Å². The van der Waals surface area contributed by atoms with Gasteiger partial charge in [0.25, 0.3) is 0 Å². The average molecular weight is 312 g/mol. The smallest absolute Gasteiger partial charge is 0.417 e. The number of carbonyl (C=O) groups excluding carboxylic acids is 1. The summed E-state index contributed by atoms with van der Waals surface area (Å²) in [6.45, 7) is 1.75. The fourth-order valence-corrected chi connectivity index (χ4v) is 1.58. The van der Waals surface area contributed by atoms with E-state index < -0.39 is 17.7 Å². The third-order valence-electron chi connectivity index (χ3n) is 1.91. The van der Waals surface area contributed by atoms with Gasteiger partial charge in [0.15, 0.2) is 5.69 Å². The van der Waals surface area contributed by atoms with Crippen molar-refractivity contribution in [3.63, 3.8) is 0 Å². The number of alkyl halides is 4. The molecule has 0 spiro atoms. The SMILES string of the molecule is CCOC(=O)c1ncc(C(F)(F)F)cc1CBr. The molecule has 0 saturated heterocycles. The van der Waals surface area contributed by atoms with E-state index in [9.17, 15) is 18.0 Å². The van der Waals surface area contributed by atoms with Crippen molar-refractivity contribution in [2.75, 3.05) is 6.61 Å². The van der Waals surface area contributed by atoms with E-state index in [4.69, 9.17) is 4.74 Å². The third-order valence-corrected chi connectivity index (χ3v) is 2.51. The molecule has 0 fully saturated rings. The number of ether oxygens (including phenoxy) is 1. The molecule has 1 heterocycles. The number of esters is 1. The molecule has 1 aromatic rings. The van der Waals surface area contributed by atoms with E-state index in [0.29, 0.717) is 6.20 Å². The first-order chi connectivity index (χ1) is 7.90. The summed E-state index contributed by atoms with van der Waals surface area (Å²) in [7, 11) is 0. The number of pyridine rings is 1. The van der Waals surface area contributed by atoms with Gasteiger partial charge in [0.2, 0.25) is 0 Å². The van der Waals surface area contributed by atoms with Crippen LogP contribution in [0.1, 0.15) is 28.5 Å². The summed E-state index contributed by atoms with van der Waals surface area (Å²) in [5.74, 6) is -0.726. The van der Waals surface area contributed by atoms with Crippen LogP contribution < -0.4 is 0 Å². The van der Waals surface area contributed by atoms with Crippen LogP contribution >= 0.6 is 15.9 Å². The van der Waals surface area contributed by atoms with Gasteiger partial charge in [0, 0.05) is 11.5 Å².